The van der Waals surface area contributed by atoms with E-state index >= 15 is 0 Å². The zero-order valence-electron chi connectivity index (χ0n) is 16.3. The second-order valence-corrected chi connectivity index (χ2v) is 7.97. The molecule has 0 bridgehead atoms. The third-order valence-corrected chi connectivity index (χ3v) is 6.02. The van der Waals surface area contributed by atoms with Gasteiger partial charge in [0, 0.05) is 24.3 Å². The van der Waals surface area contributed by atoms with E-state index in [2.05, 4.69) is 23.4 Å². The summed E-state index contributed by atoms with van der Waals surface area (Å²) in [7, 11) is 1.85. The standard InChI is InChI=1S/C20H28ClN3OS/c1-6-7-12-24-15(3)14(2)22-20(24)26-13-19(25)23(5)16(4)17-8-10-18(21)11-9-17/h8-11,16H,6-7,12-13H2,1-5H3. The molecule has 1 aromatic carbocycles. The largest absolute Gasteiger partial charge is 0.338 e. The Balaban J connectivity index is 2.01. The van der Waals surface area contributed by atoms with Crippen LogP contribution >= 0.6 is 23.4 Å². The molecule has 0 spiro atoms. The normalized spacial score (nSPS) is 12.2. The lowest BCUT2D eigenvalue weighted by Gasteiger charge is -2.25. The molecule has 142 valence electrons. The Hall–Kier alpha value is -1.46. The number of carbonyl (C=O) groups is 1. The van der Waals surface area contributed by atoms with Gasteiger partial charge < -0.3 is 9.47 Å². The van der Waals surface area contributed by atoms with E-state index in [4.69, 9.17) is 11.6 Å². The van der Waals surface area contributed by atoms with E-state index in [1.165, 1.54) is 17.5 Å². The lowest BCUT2D eigenvalue weighted by molar-refractivity contribution is -0.128. The number of amides is 1. The molecule has 4 nitrogen and oxygen atoms in total. The SMILES string of the molecule is CCCCn1c(SCC(=O)N(C)C(C)c2ccc(Cl)cc2)nc(C)c1C. The first-order valence-corrected chi connectivity index (χ1v) is 10.4. The summed E-state index contributed by atoms with van der Waals surface area (Å²) in [6.07, 6.45) is 2.26. The second kappa shape index (κ2) is 9.47. The van der Waals surface area contributed by atoms with Crippen LogP contribution in [0.15, 0.2) is 29.4 Å². The Morgan fingerprint density at radius 3 is 2.58 bits per heavy atom. The van der Waals surface area contributed by atoms with E-state index in [1.54, 1.807) is 4.90 Å². The first kappa shape index (κ1) is 20.8. The zero-order valence-corrected chi connectivity index (χ0v) is 17.8. The minimum atomic E-state index is 0.00340. The van der Waals surface area contributed by atoms with Crippen LogP contribution in [0.3, 0.4) is 0 Å². The number of halogens is 1. The van der Waals surface area contributed by atoms with Crippen LogP contribution in [-0.2, 0) is 11.3 Å². The minimum Gasteiger partial charge on any atom is -0.338 e. The summed E-state index contributed by atoms with van der Waals surface area (Å²) in [5.74, 6) is 0.481. The molecule has 0 fully saturated rings. The van der Waals surface area contributed by atoms with Crippen molar-refractivity contribution >= 4 is 29.3 Å². The highest BCUT2D eigenvalue weighted by atomic mass is 35.5. The van der Waals surface area contributed by atoms with Gasteiger partial charge in [0.15, 0.2) is 5.16 Å². The van der Waals surface area contributed by atoms with Crippen LogP contribution in [0, 0.1) is 13.8 Å². The van der Waals surface area contributed by atoms with Crippen molar-refractivity contribution in [2.75, 3.05) is 12.8 Å². The smallest absolute Gasteiger partial charge is 0.233 e. The van der Waals surface area contributed by atoms with Crippen molar-refractivity contribution in [3.8, 4) is 0 Å². The molecule has 6 heteroatoms. The number of benzene rings is 1. The van der Waals surface area contributed by atoms with Crippen LogP contribution in [0.25, 0.3) is 0 Å². The van der Waals surface area contributed by atoms with Gasteiger partial charge in [-0.25, -0.2) is 4.98 Å². The van der Waals surface area contributed by atoms with Crippen molar-refractivity contribution in [1.82, 2.24) is 14.5 Å². The average Bonchev–Trinajstić information content (AvgIpc) is 2.91. The first-order chi connectivity index (χ1) is 12.3. The molecule has 1 amide bonds. The zero-order chi connectivity index (χ0) is 19.3. The fraction of sp³-hybridized carbons (Fsp3) is 0.500. The van der Waals surface area contributed by atoms with Crippen molar-refractivity contribution in [1.29, 1.82) is 0 Å². The van der Waals surface area contributed by atoms with E-state index in [0.29, 0.717) is 10.8 Å². The van der Waals surface area contributed by atoms with Gasteiger partial charge >= 0.3 is 0 Å². The van der Waals surface area contributed by atoms with Crippen LogP contribution < -0.4 is 0 Å². The number of nitrogens with zero attached hydrogens (tertiary/aromatic N) is 3. The predicted molar refractivity (Wildman–Crippen MR) is 110 cm³/mol. The molecule has 26 heavy (non-hydrogen) atoms. The fourth-order valence-corrected chi connectivity index (χ4v) is 3.89. The van der Waals surface area contributed by atoms with Gasteiger partial charge in [-0.15, -0.1) is 0 Å². The summed E-state index contributed by atoms with van der Waals surface area (Å²) < 4.78 is 2.24. The molecular weight excluding hydrogens is 366 g/mol. The maximum Gasteiger partial charge on any atom is 0.233 e. The van der Waals surface area contributed by atoms with Crippen LogP contribution in [-0.4, -0.2) is 33.2 Å². The Kier molecular flexibility index (Phi) is 7.59. The van der Waals surface area contributed by atoms with Gasteiger partial charge in [0.2, 0.25) is 5.91 Å². The van der Waals surface area contributed by atoms with Gasteiger partial charge in [-0.05, 0) is 44.9 Å². The van der Waals surface area contributed by atoms with Crippen LogP contribution in [0.4, 0.5) is 0 Å². The van der Waals surface area contributed by atoms with Crippen molar-refractivity contribution in [3.05, 3.63) is 46.2 Å². The second-order valence-electron chi connectivity index (χ2n) is 6.59. The minimum absolute atomic E-state index is 0.00340. The van der Waals surface area contributed by atoms with Crippen molar-refractivity contribution in [2.24, 2.45) is 0 Å². The number of carbonyl (C=O) groups excluding carboxylic acids is 1. The van der Waals surface area contributed by atoms with Gasteiger partial charge in [-0.1, -0.05) is 48.8 Å². The van der Waals surface area contributed by atoms with E-state index < -0.39 is 0 Å². The van der Waals surface area contributed by atoms with Gasteiger partial charge in [0.1, 0.15) is 0 Å². The molecule has 0 aliphatic heterocycles. The summed E-state index contributed by atoms with van der Waals surface area (Å²) in [6.45, 7) is 9.29. The van der Waals surface area contributed by atoms with Gasteiger partial charge in [-0.2, -0.15) is 0 Å². The van der Waals surface area contributed by atoms with Crippen molar-refractivity contribution in [3.63, 3.8) is 0 Å². The van der Waals surface area contributed by atoms with Crippen molar-refractivity contribution < 1.29 is 4.79 Å². The molecule has 0 saturated carbocycles. The van der Waals surface area contributed by atoms with Gasteiger partial charge in [0.25, 0.3) is 0 Å². The van der Waals surface area contributed by atoms with Gasteiger partial charge in [0.05, 0.1) is 17.5 Å². The molecule has 1 unspecified atom stereocenters. The Morgan fingerprint density at radius 1 is 1.31 bits per heavy atom. The number of rotatable bonds is 8. The molecule has 0 aliphatic rings. The summed E-state index contributed by atoms with van der Waals surface area (Å²) in [4.78, 5) is 19.1. The molecule has 0 N–H and O–H groups in total. The molecule has 2 aromatic rings. The maximum absolute atomic E-state index is 12.7. The van der Waals surface area contributed by atoms with Crippen LogP contribution in [0.5, 0.6) is 0 Å². The third-order valence-electron chi connectivity index (χ3n) is 4.81. The number of aromatic nitrogens is 2. The van der Waals surface area contributed by atoms with E-state index in [1.807, 2.05) is 45.2 Å². The molecular formula is C20H28ClN3OS. The summed E-state index contributed by atoms with van der Waals surface area (Å²) >= 11 is 7.47. The number of aryl methyl sites for hydroxylation is 1. The first-order valence-electron chi connectivity index (χ1n) is 9.02. The summed E-state index contributed by atoms with van der Waals surface area (Å²) in [6, 6.07) is 7.65. The number of unbranched alkanes of at least 4 members (excludes halogenated alkanes) is 1. The molecule has 0 saturated heterocycles. The highest BCUT2D eigenvalue weighted by molar-refractivity contribution is 7.99. The molecule has 2 rings (SSSR count). The summed E-state index contributed by atoms with van der Waals surface area (Å²) in [5.41, 5.74) is 3.31. The molecule has 1 aromatic heterocycles. The van der Waals surface area contributed by atoms with E-state index in [-0.39, 0.29) is 11.9 Å². The number of thioether (sulfide) groups is 1. The lowest BCUT2D eigenvalue weighted by atomic mass is 10.1. The van der Waals surface area contributed by atoms with E-state index in [0.717, 1.165) is 35.8 Å². The van der Waals surface area contributed by atoms with Crippen LogP contribution in [0.1, 0.15) is 49.7 Å². The topological polar surface area (TPSA) is 38.1 Å². The predicted octanol–water partition coefficient (Wildman–Crippen LogP) is 5.27. The number of hydrogen-bond acceptors (Lipinski definition) is 3. The average molecular weight is 394 g/mol. The number of imidazole rings is 1. The highest BCUT2D eigenvalue weighted by Gasteiger charge is 2.19. The molecule has 1 atom stereocenters. The fourth-order valence-electron chi connectivity index (χ4n) is 2.72. The molecule has 0 radical (unpaired) electrons. The van der Waals surface area contributed by atoms with E-state index in [9.17, 15) is 4.79 Å². The molecule has 0 aliphatic carbocycles. The Labute approximate surface area is 165 Å². The van der Waals surface area contributed by atoms with Crippen LogP contribution in [0.2, 0.25) is 5.02 Å². The third kappa shape index (κ3) is 5.04. The maximum atomic E-state index is 12.7. The lowest BCUT2D eigenvalue weighted by Crippen LogP contribution is -2.31. The van der Waals surface area contributed by atoms with Crippen molar-refractivity contribution in [2.45, 2.75) is 58.3 Å². The summed E-state index contributed by atoms with van der Waals surface area (Å²) in [5, 5.41) is 1.64. The quantitative estimate of drug-likeness (QED) is 0.573. The molecule has 1 heterocycles. The highest BCUT2D eigenvalue weighted by Crippen LogP contribution is 2.25. The number of hydrogen-bond donors (Lipinski definition) is 0. The Morgan fingerprint density at radius 2 is 1.96 bits per heavy atom. The van der Waals surface area contributed by atoms with Gasteiger partial charge in [-0.3, -0.25) is 4.79 Å². The Bertz CT molecular complexity index is 742. The monoisotopic (exact) mass is 393 g/mol.